The van der Waals surface area contributed by atoms with Crippen LogP contribution in [0.25, 0.3) is 0 Å². The molecule has 0 spiro atoms. The van der Waals surface area contributed by atoms with Crippen molar-refractivity contribution >= 4 is 41.0 Å². The van der Waals surface area contributed by atoms with Crippen LogP contribution in [0.2, 0.25) is 5.02 Å². The van der Waals surface area contributed by atoms with Gasteiger partial charge in [-0.15, -0.1) is 11.8 Å². The fourth-order valence-corrected chi connectivity index (χ4v) is 3.83. The number of thioether (sulfide) groups is 1. The average Bonchev–Trinajstić information content (AvgIpc) is 2.49. The molecule has 2 aromatic carbocycles. The molecule has 6 heteroatoms. The number of rotatable bonds is 5. The molecule has 0 aromatic heterocycles. The van der Waals surface area contributed by atoms with Crippen molar-refractivity contribution in [1.29, 1.82) is 0 Å². The van der Waals surface area contributed by atoms with Crippen molar-refractivity contribution in [3.05, 3.63) is 53.1 Å². The number of amidine groups is 1. The fourth-order valence-electron chi connectivity index (χ4n) is 1.80. The summed E-state index contributed by atoms with van der Waals surface area (Å²) in [5.41, 5.74) is 6.63. The number of nitrogens with two attached hydrogens (primary N) is 1. The highest BCUT2D eigenvalue weighted by atomic mass is 35.5. The van der Waals surface area contributed by atoms with E-state index in [1.54, 1.807) is 23.5 Å². The molecule has 110 valence electrons. The Labute approximate surface area is 137 Å². The zero-order chi connectivity index (χ0) is 15.2. The van der Waals surface area contributed by atoms with Gasteiger partial charge >= 0.3 is 0 Å². The topological polar surface area (TPSA) is 58.6 Å². The van der Waals surface area contributed by atoms with Gasteiger partial charge in [0.1, 0.15) is 0 Å². The van der Waals surface area contributed by atoms with Gasteiger partial charge in [0.15, 0.2) is 5.84 Å². The van der Waals surface area contributed by atoms with E-state index in [4.69, 9.17) is 22.5 Å². The van der Waals surface area contributed by atoms with Gasteiger partial charge < -0.3 is 10.9 Å². The molecule has 0 unspecified atom stereocenters. The van der Waals surface area contributed by atoms with E-state index in [9.17, 15) is 0 Å². The smallest absolute Gasteiger partial charge is 0.172 e. The molecule has 0 amide bonds. The Morgan fingerprint density at radius 1 is 1.19 bits per heavy atom. The summed E-state index contributed by atoms with van der Waals surface area (Å²) in [6, 6.07) is 13.5. The molecule has 0 bridgehead atoms. The second kappa shape index (κ2) is 7.64. The van der Waals surface area contributed by atoms with Crippen molar-refractivity contribution in [2.24, 2.45) is 10.9 Å². The lowest BCUT2D eigenvalue weighted by Crippen LogP contribution is -2.15. The summed E-state index contributed by atoms with van der Waals surface area (Å²) in [5, 5.41) is 12.9. The van der Waals surface area contributed by atoms with Crippen LogP contribution in [0.4, 0.5) is 0 Å². The van der Waals surface area contributed by atoms with Gasteiger partial charge in [0.25, 0.3) is 0 Å². The van der Waals surface area contributed by atoms with Crippen molar-refractivity contribution in [2.75, 3.05) is 5.75 Å². The van der Waals surface area contributed by atoms with Gasteiger partial charge in [0.2, 0.25) is 0 Å². The molecule has 0 radical (unpaired) electrons. The molecule has 0 aliphatic heterocycles. The Morgan fingerprint density at radius 2 is 1.86 bits per heavy atom. The van der Waals surface area contributed by atoms with Crippen LogP contribution in [0.5, 0.6) is 0 Å². The van der Waals surface area contributed by atoms with E-state index in [1.165, 1.54) is 0 Å². The minimum Gasteiger partial charge on any atom is -0.409 e. The summed E-state index contributed by atoms with van der Waals surface area (Å²) < 4.78 is 0. The molecule has 0 heterocycles. The quantitative estimate of drug-likeness (QED) is 0.273. The Morgan fingerprint density at radius 3 is 2.48 bits per heavy atom. The molecule has 0 saturated heterocycles. The Bertz CT molecular complexity index is 645. The number of nitrogens with zero attached hydrogens (tertiary/aromatic N) is 1. The molecule has 2 aromatic rings. The molecule has 0 fully saturated rings. The van der Waals surface area contributed by atoms with Crippen LogP contribution in [0.3, 0.4) is 0 Å². The van der Waals surface area contributed by atoms with Gasteiger partial charge in [0, 0.05) is 25.3 Å². The van der Waals surface area contributed by atoms with Gasteiger partial charge in [0.05, 0.1) is 0 Å². The lowest BCUT2D eigenvalue weighted by molar-refractivity contribution is 0.318. The molecular weight excluding hydrogens is 324 g/mol. The van der Waals surface area contributed by atoms with Crippen LogP contribution < -0.4 is 5.73 Å². The van der Waals surface area contributed by atoms with Crippen LogP contribution in [-0.2, 0) is 0 Å². The van der Waals surface area contributed by atoms with Crippen LogP contribution in [0, 0.1) is 0 Å². The second-order valence-electron chi connectivity index (χ2n) is 4.10. The summed E-state index contributed by atoms with van der Waals surface area (Å²) in [7, 11) is 0. The van der Waals surface area contributed by atoms with Crippen LogP contribution >= 0.6 is 35.1 Å². The lowest BCUT2D eigenvalue weighted by atomic mass is 10.2. The summed E-state index contributed by atoms with van der Waals surface area (Å²) in [5.74, 6) is 1.05. The molecule has 0 aliphatic rings. The SMILES string of the molecule is CCSc1cccc(Sc2ccc(Cl)cc2)c1/C(N)=N/O. The molecule has 0 aliphatic carbocycles. The molecule has 0 saturated carbocycles. The van der Waals surface area contributed by atoms with Crippen molar-refractivity contribution in [2.45, 2.75) is 21.6 Å². The van der Waals surface area contributed by atoms with E-state index in [0.29, 0.717) is 5.02 Å². The number of hydrogen-bond acceptors (Lipinski definition) is 4. The van der Waals surface area contributed by atoms with E-state index < -0.39 is 0 Å². The maximum Gasteiger partial charge on any atom is 0.172 e. The number of oxime groups is 1. The normalized spacial score (nSPS) is 11.6. The monoisotopic (exact) mass is 338 g/mol. The van der Waals surface area contributed by atoms with E-state index in [0.717, 1.165) is 26.0 Å². The van der Waals surface area contributed by atoms with Crippen molar-refractivity contribution in [3.63, 3.8) is 0 Å². The summed E-state index contributed by atoms with van der Waals surface area (Å²) in [6.45, 7) is 2.07. The third kappa shape index (κ3) is 4.09. The number of benzene rings is 2. The Balaban J connectivity index is 2.42. The highest BCUT2D eigenvalue weighted by molar-refractivity contribution is 8.00. The predicted octanol–water partition coefficient (Wildman–Crippen LogP) is 4.70. The summed E-state index contributed by atoms with van der Waals surface area (Å²) >= 11 is 9.13. The molecule has 21 heavy (non-hydrogen) atoms. The van der Waals surface area contributed by atoms with Crippen molar-refractivity contribution in [1.82, 2.24) is 0 Å². The van der Waals surface area contributed by atoms with Crippen molar-refractivity contribution in [3.8, 4) is 0 Å². The third-order valence-corrected chi connectivity index (χ3v) is 4.95. The van der Waals surface area contributed by atoms with Gasteiger partial charge in [-0.3, -0.25) is 0 Å². The molecule has 3 N–H and O–H groups in total. The van der Waals surface area contributed by atoms with Gasteiger partial charge in [-0.2, -0.15) is 0 Å². The zero-order valence-electron chi connectivity index (χ0n) is 11.4. The van der Waals surface area contributed by atoms with Gasteiger partial charge in [-0.25, -0.2) is 0 Å². The first-order valence-electron chi connectivity index (χ1n) is 6.32. The summed E-state index contributed by atoms with van der Waals surface area (Å²) in [6.07, 6.45) is 0. The first-order valence-corrected chi connectivity index (χ1v) is 8.50. The minimum absolute atomic E-state index is 0.128. The highest BCUT2D eigenvalue weighted by Gasteiger charge is 2.14. The maximum absolute atomic E-state index is 9.03. The van der Waals surface area contributed by atoms with Gasteiger partial charge in [-0.05, 0) is 42.2 Å². The van der Waals surface area contributed by atoms with Gasteiger partial charge in [-0.1, -0.05) is 41.5 Å². The van der Waals surface area contributed by atoms with Crippen LogP contribution in [0.15, 0.2) is 62.3 Å². The second-order valence-corrected chi connectivity index (χ2v) is 6.96. The average molecular weight is 339 g/mol. The predicted molar refractivity (Wildman–Crippen MR) is 90.9 cm³/mol. The van der Waals surface area contributed by atoms with E-state index >= 15 is 0 Å². The largest absolute Gasteiger partial charge is 0.409 e. The standard InChI is InChI=1S/C15H15ClN2OS2/c1-2-20-12-4-3-5-13(14(12)15(17)18-19)21-11-8-6-10(16)7-9-11/h3-9,19H,2H2,1H3,(H2,17,18). The third-order valence-electron chi connectivity index (χ3n) is 2.69. The summed E-state index contributed by atoms with van der Waals surface area (Å²) in [4.78, 5) is 3.00. The fraction of sp³-hybridized carbons (Fsp3) is 0.133. The highest BCUT2D eigenvalue weighted by Crippen LogP contribution is 2.35. The van der Waals surface area contributed by atoms with E-state index in [-0.39, 0.29) is 5.84 Å². The molecule has 0 atom stereocenters. The minimum atomic E-state index is 0.128. The zero-order valence-corrected chi connectivity index (χ0v) is 13.8. The first kappa shape index (κ1) is 16.1. The number of halogens is 1. The van der Waals surface area contributed by atoms with Crippen molar-refractivity contribution < 1.29 is 5.21 Å². The number of hydrogen-bond donors (Lipinski definition) is 2. The maximum atomic E-state index is 9.03. The van der Waals surface area contributed by atoms with Crippen LogP contribution in [0.1, 0.15) is 12.5 Å². The first-order chi connectivity index (χ1) is 10.2. The van der Waals surface area contributed by atoms with Crippen LogP contribution in [-0.4, -0.2) is 16.8 Å². The van der Waals surface area contributed by atoms with E-state index in [1.807, 2.05) is 42.5 Å². The van der Waals surface area contributed by atoms with E-state index in [2.05, 4.69) is 12.1 Å². The molecule has 3 nitrogen and oxygen atoms in total. The lowest BCUT2D eigenvalue weighted by Gasteiger charge is -2.12. The molecular formula is C15H15ClN2OS2. The Kier molecular flexibility index (Phi) is 5.85. The molecule has 2 rings (SSSR count). The Hall–Kier alpha value is -1.30.